The number of hydrogen-bond acceptors (Lipinski definition) is 6. The molecule has 3 aromatic rings. The number of aryl methyl sites for hydroxylation is 1. The van der Waals surface area contributed by atoms with E-state index in [2.05, 4.69) is 14.9 Å². The Balaban J connectivity index is 1.75. The molecule has 0 aliphatic carbocycles. The molecule has 0 atom stereocenters. The van der Waals surface area contributed by atoms with Crippen molar-refractivity contribution in [2.75, 3.05) is 6.26 Å². The van der Waals surface area contributed by atoms with Crippen molar-refractivity contribution in [3.05, 3.63) is 65.1 Å². The van der Waals surface area contributed by atoms with Crippen LogP contribution in [0.25, 0.3) is 11.4 Å². The summed E-state index contributed by atoms with van der Waals surface area (Å²) in [5, 5.41) is 3.82. The highest BCUT2D eigenvalue weighted by Crippen LogP contribution is 2.23. The first-order valence-electron chi connectivity index (χ1n) is 7.82. The van der Waals surface area contributed by atoms with Crippen LogP contribution < -0.4 is 9.46 Å². The summed E-state index contributed by atoms with van der Waals surface area (Å²) in [4.78, 5) is 15.8. The summed E-state index contributed by atoms with van der Waals surface area (Å²) in [6.45, 7) is 1.47. The number of rotatable bonds is 6. The molecule has 1 amide bonds. The summed E-state index contributed by atoms with van der Waals surface area (Å²) in [5.41, 5.74) is 0.300. The Hall–Kier alpha value is -2.94. The second-order valence-corrected chi connectivity index (χ2v) is 6.12. The maximum atomic E-state index is 14.2. The second kappa shape index (κ2) is 8.17. The van der Waals surface area contributed by atoms with Crippen molar-refractivity contribution in [3.63, 3.8) is 0 Å². The summed E-state index contributed by atoms with van der Waals surface area (Å²) in [5.74, 6) is -0.989. The van der Waals surface area contributed by atoms with Gasteiger partial charge in [0.25, 0.3) is 5.91 Å². The van der Waals surface area contributed by atoms with E-state index in [1.54, 1.807) is 37.4 Å². The highest BCUT2D eigenvalue weighted by molar-refractivity contribution is 7.97. The number of halogens is 2. The van der Waals surface area contributed by atoms with Crippen LogP contribution in [0.15, 0.2) is 40.9 Å². The lowest BCUT2D eigenvalue weighted by Gasteiger charge is -2.10. The van der Waals surface area contributed by atoms with Crippen LogP contribution in [0.3, 0.4) is 0 Å². The lowest BCUT2D eigenvalue weighted by atomic mass is 10.1. The largest absolute Gasteiger partial charge is 0.489 e. The topological polar surface area (TPSA) is 77.2 Å². The van der Waals surface area contributed by atoms with Crippen molar-refractivity contribution < 1.29 is 22.8 Å². The molecule has 0 radical (unpaired) electrons. The number of hydrogen-bond donors (Lipinski definition) is 1. The van der Waals surface area contributed by atoms with E-state index in [4.69, 9.17) is 9.26 Å². The van der Waals surface area contributed by atoms with Crippen molar-refractivity contribution in [1.82, 2.24) is 14.9 Å². The SMILES string of the molecule is CSNC(=O)c1cc(F)c(COc2cccc(-c3noc(C)n3)c2)cc1F. The van der Waals surface area contributed by atoms with Gasteiger partial charge in [0.05, 0.1) is 5.56 Å². The van der Waals surface area contributed by atoms with Crippen LogP contribution >= 0.6 is 11.9 Å². The van der Waals surface area contributed by atoms with Gasteiger partial charge in [0.1, 0.15) is 24.0 Å². The normalized spacial score (nSPS) is 10.7. The van der Waals surface area contributed by atoms with E-state index < -0.39 is 17.5 Å². The van der Waals surface area contributed by atoms with Crippen LogP contribution in [0.2, 0.25) is 0 Å². The van der Waals surface area contributed by atoms with Crippen LogP contribution in [0.1, 0.15) is 21.8 Å². The predicted octanol–water partition coefficient (Wildman–Crippen LogP) is 3.91. The molecule has 3 rings (SSSR count). The Morgan fingerprint density at radius 1 is 1.26 bits per heavy atom. The van der Waals surface area contributed by atoms with Crippen LogP contribution in [-0.4, -0.2) is 22.3 Å². The third-order valence-corrected chi connectivity index (χ3v) is 3.98. The summed E-state index contributed by atoms with van der Waals surface area (Å²) in [6.07, 6.45) is 1.61. The Bertz CT molecular complexity index is 978. The molecule has 0 spiro atoms. The van der Waals surface area contributed by atoms with E-state index in [1.807, 2.05) is 0 Å². The third kappa shape index (κ3) is 4.43. The van der Waals surface area contributed by atoms with Crippen molar-refractivity contribution in [3.8, 4) is 17.1 Å². The van der Waals surface area contributed by atoms with Gasteiger partial charge < -0.3 is 9.26 Å². The van der Waals surface area contributed by atoms with Crippen LogP contribution in [0, 0.1) is 18.6 Å². The van der Waals surface area contributed by atoms with Crippen molar-refractivity contribution >= 4 is 17.9 Å². The maximum absolute atomic E-state index is 14.2. The zero-order valence-corrected chi connectivity index (χ0v) is 15.3. The molecule has 6 nitrogen and oxygen atoms in total. The maximum Gasteiger partial charge on any atom is 0.264 e. The second-order valence-electron chi connectivity index (χ2n) is 5.51. The monoisotopic (exact) mass is 391 g/mol. The fourth-order valence-electron chi connectivity index (χ4n) is 2.32. The molecule has 27 heavy (non-hydrogen) atoms. The quantitative estimate of drug-likeness (QED) is 0.642. The highest BCUT2D eigenvalue weighted by atomic mass is 32.2. The molecule has 0 fully saturated rings. The molecule has 1 aromatic heterocycles. The number of ether oxygens (including phenoxy) is 1. The van der Waals surface area contributed by atoms with Crippen molar-refractivity contribution in [2.45, 2.75) is 13.5 Å². The van der Waals surface area contributed by atoms with Gasteiger partial charge in [-0.25, -0.2) is 8.78 Å². The zero-order chi connectivity index (χ0) is 19.4. The van der Waals surface area contributed by atoms with Crippen LogP contribution in [-0.2, 0) is 6.61 Å². The molecule has 1 heterocycles. The van der Waals surface area contributed by atoms with Gasteiger partial charge in [-0.15, -0.1) is 0 Å². The third-order valence-electron chi connectivity index (χ3n) is 3.59. The fourth-order valence-corrected chi connectivity index (χ4v) is 2.62. The minimum absolute atomic E-state index is 0.00555. The molecule has 9 heteroatoms. The summed E-state index contributed by atoms with van der Waals surface area (Å²) in [6, 6.07) is 8.65. The van der Waals surface area contributed by atoms with Crippen LogP contribution in [0.5, 0.6) is 5.75 Å². The number of carbonyl (C=O) groups is 1. The van der Waals surface area contributed by atoms with E-state index in [0.717, 1.165) is 24.1 Å². The average Bonchev–Trinajstić information content (AvgIpc) is 3.09. The number of carbonyl (C=O) groups excluding carboxylic acids is 1. The molecule has 0 aliphatic heterocycles. The first-order chi connectivity index (χ1) is 13.0. The summed E-state index contributed by atoms with van der Waals surface area (Å²) >= 11 is 1.00. The lowest BCUT2D eigenvalue weighted by molar-refractivity contribution is 0.0980. The van der Waals surface area contributed by atoms with E-state index in [-0.39, 0.29) is 17.7 Å². The van der Waals surface area contributed by atoms with Gasteiger partial charge in [0.2, 0.25) is 11.7 Å². The molecule has 0 bridgehead atoms. The fraction of sp³-hybridized carbons (Fsp3) is 0.167. The Kier molecular flexibility index (Phi) is 5.70. The molecule has 2 aromatic carbocycles. The van der Waals surface area contributed by atoms with E-state index in [0.29, 0.717) is 23.0 Å². The van der Waals surface area contributed by atoms with Gasteiger partial charge in [-0.2, -0.15) is 4.98 Å². The number of benzene rings is 2. The molecular formula is C18H15F2N3O3S. The average molecular weight is 391 g/mol. The van der Waals surface area contributed by atoms with Gasteiger partial charge >= 0.3 is 0 Å². The van der Waals surface area contributed by atoms with Gasteiger partial charge in [-0.3, -0.25) is 9.52 Å². The molecule has 1 N–H and O–H groups in total. The Labute approximate surface area is 158 Å². The predicted molar refractivity (Wildman–Crippen MR) is 96.1 cm³/mol. The zero-order valence-electron chi connectivity index (χ0n) is 14.5. The van der Waals surface area contributed by atoms with Crippen molar-refractivity contribution in [1.29, 1.82) is 0 Å². The smallest absolute Gasteiger partial charge is 0.264 e. The van der Waals surface area contributed by atoms with Gasteiger partial charge in [-0.05, 0) is 24.3 Å². The Morgan fingerprint density at radius 3 is 2.78 bits per heavy atom. The summed E-state index contributed by atoms with van der Waals surface area (Å²) in [7, 11) is 0. The molecule has 0 saturated heterocycles. The number of aromatic nitrogens is 2. The number of amides is 1. The van der Waals surface area contributed by atoms with E-state index >= 15 is 0 Å². The number of nitrogens with one attached hydrogen (secondary N) is 1. The lowest BCUT2D eigenvalue weighted by Crippen LogP contribution is -2.17. The minimum atomic E-state index is -0.822. The highest BCUT2D eigenvalue weighted by Gasteiger charge is 2.16. The van der Waals surface area contributed by atoms with Crippen molar-refractivity contribution in [2.24, 2.45) is 0 Å². The van der Waals surface area contributed by atoms with Gasteiger partial charge in [0.15, 0.2) is 0 Å². The van der Waals surface area contributed by atoms with Gasteiger partial charge in [-0.1, -0.05) is 29.2 Å². The van der Waals surface area contributed by atoms with Crippen LogP contribution in [0.4, 0.5) is 8.78 Å². The molecular weight excluding hydrogens is 376 g/mol. The Morgan fingerprint density at radius 2 is 2.07 bits per heavy atom. The first kappa shape index (κ1) is 18.8. The molecule has 140 valence electrons. The van der Waals surface area contributed by atoms with E-state index in [1.165, 1.54) is 0 Å². The molecule has 0 aliphatic rings. The first-order valence-corrected chi connectivity index (χ1v) is 9.05. The summed E-state index contributed by atoms with van der Waals surface area (Å²) < 4.78 is 41.1. The van der Waals surface area contributed by atoms with Gasteiger partial charge in [0, 0.05) is 24.3 Å². The standard InChI is InChI=1S/C18H15F2N3O3S/c1-10-21-17(22-26-10)11-4-3-5-13(6-11)25-9-12-7-16(20)14(8-15(12)19)18(24)23-27-2/h3-8H,9H2,1-2H3,(H,23,24). The number of nitrogens with zero attached hydrogens (tertiary/aromatic N) is 2. The molecule has 0 unspecified atom stereocenters. The van der Waals surface area contributed by atoms with E-state index in [9.17, 15) is 13.6 Å². The molecule has 0 saturated carbocycles. The minimum Gasteiger partial charge on any atom is -0.489 e.